The molecule has 1 fully saturated rings. The Morgan fingerprint density at radius 3 is 2.12 bits per heavy atom. The van der Waals surface area contributed by atoms with E-state index in [0.29, 0.717) is 11.5 Å². The van der Waals surface area contributed by atoms with Gasteiger partial charge in [-0.1, -0.05) is 147 Å². The number of aromatic nitrogens is 3. The summed E-state index contributed by atoms with van der Waals surface area (Å²) in [7, 11) is 0. The molecule has 1 saturated carbocycles. The third kappa shape index (κ3) is 3.93. The van der Waals surface area contributed by atoms with Crippen molar-refractivity contribution >= 4 is 76.2 Å². The zero-order chi connectivity index (χ0) is 36.5. The van der Waals surface area contributed by atoms with Crippen LogP contribution in [-0.4, -0.2) is 14.5 Å². The van der Waals surface area contributed by atoms with Gasteiger partial charge in [-0.05, 0) is 86.3 Å². The molecule has 4 heteroatoms. The van der Waals surface area contributed by atoms with E-state index < -0.39 is 0 Å². The minimum Gasteiger partial charge on any atom is -0.452 e. The molecule has 2 aliphatic carbocycles. The van der Waals surface area contributed by atoms with Crippen LogP contribution in [0.5, 0.6) is 0 Å². The van der Waals surface area contributed by atoms with Crippen LogP contribution in [0, 0.1) is 0 Å². The Labute approximate surface area is 322 Å². The summed E-state index contributed by atoms with van der Waals surface area (Å²) in [5, 5.41) is 11.0. The summed E-state index contributed by atoms with van der Waals surface area (Å²) in [6.07, 6.45) is 6.04. The summed E-state index contributed by atoms with van der Waals surface area (Å²) in [6.45, 7) is 0. The van der Waals surface area contributed by atoms with E-state index in [1.165, 1.54) is 84.7 Å². The van der Waals surface area contributed by atoms with E-state index in [-0.39, 0.29) is 5.41 Å². The number of benzene rings is 8. The monoisotopic (exact) mass is 717 g/mol. The Bertz CT molecular complexity index is 3470. The zero-order valence-corrected chi connectivity index (χ0v) is 30.7. The van der Waals surface area contributed by atoms with Crippen molar-refractivity contribution in [3.05, 3.63) is 163 Å². The van der Waals surface area contributed by atoms with Crippen molar-refractivity contribution in [1.82, 2.24) is 14.5 Å². The van der Waals surface area contributed by atoms with E-state index in [9.17, 15) is 0 Å². The SMILES string of the molecule is c1ccc2c(c1)-c1c(c3c4c5ccccc5ccc4n(-c4nc(-c5ccc6ccccc6c5)c5oc6ccccc6c5n4)c3c3ccccc13)C21CCCCC1. The lowest BCUT2D eigenvalue weighted by Crippen LogP contribution is -2.28. The molecule has 11 aromatic rings. The molecule has 0 amide bonds. The first kappa shape index (κ1) is 30.5. The van der Waals surface area contributed by atoms with Crippen molar-refractivity contribution in [2.75, 3.05) is 0 Å². The number of hydrogen-bond donors (Lipinski definition) is 0. The lowest BCUT2D eigenvalue weighted by Gasteiger charge is -2.36. The molecule has 0 bridgehead atoms. The van der Waals surface area contributed by atoms with Crippen molar-refractivity contribution in [3.8, 4) is 28.3 Å². The zero-order valence-electron chi connectivity index (χ0n) is 30.7. The molecule has 4 nitrogen and oxygen atoms in total. The number of fused-ring (bicyclic) bond motifs is 18. The van der Waals surface area contributed by atoms with Gasteiger partial charge < -0.3 is 4.42 Å². The molecule has 3 heterocycles. The van der Waals surface area contributed by atoms with Crippen molar-refractivity contribution in [1.29, 1.82) is 0 Å². The second-order valence-corrected chi connectivity index (χ2v) is 15.9. The fourth-order valence-corrected chi connectivity index (χ4v) is 10.8. The predicted molar refractivity (Wildman–Crippen MR) is 231 cm³/mol. The quantitative estimate of drug-likeness (QED) is 0.179. The van der Waals surface area contributed by atoms with Crippen molar-refractivity contribution in [2.45, 2.75) is 37.5 Å². The number of nitrogens with zero attached hydrogens (tertiary/aromatic N) is 3. The maximum atomic E-state index is 6.66. The fraction of sp³-hybridized carbons (Fsp3) is 0.115. The molecule has 0 saturated heterocycles. The average Bonchev–Trinajstić information content (AvgIpc) is 3.90. The fourth-order valence-electron chi connectivity index (χ4n) is 10.8. The summed E-state index contributed by atoms with van der Waals surface area (Å²) in [5.74, 6) is 0.654. The Morgan fingerprint density at radius 2 is 1.25 bits per heavy atom. The first-order chi connectivity index (χ1) is 27.8. The van der Waals surface area contributed by atoms with Crippen molar-refractivity contribution < 1.29 is 4.42 Å². The molecule has 56 heavy (non-hydrogen) atoms. The molecular weight excluding hydrogens is 683 g/mol. The van der Waals surface area contributed by atoms with Gasteiger partial charge in [-0.15, -0.1) is 0 Å². The van der Waals surface area contributed by atoms with E-state index in [2.05, 4.69) is 144 Å². The van der Waals surface area contributed by atoms with Crippen LogP contribution >= 0.6 is 0 Å². The smallest absolute Gasteiger partial charge is 0.236 e. The van der Waals surface area contributed by atoms with E-state index in [0.717, 1.165) is 51.5 Å². The van der Waals surface area contributed by atoms with Gasteiger partial charge in [0.15, 0.2) is 5.58 Å². The molecule has 0 radical (unpaired) electrons. The van der Waals surface area contributed by atoms with Gasteiger partial charge in [0.05, 0.1) is 11.0 Å². The largest absolute Gasteiger partial charge is 0.452 e. The number of para-hydroxylation sites is 1. The lowest BCUT2D eigenvalue weighted by molar-refractivity contribution is 0.355. The molecule has 264 valence electrons. The summed E-state index contributed by atoms with van der Waals surface area (Å²) in [6, 6.07) is 55.2. The van der Waals surface area contributed by atoms with Crippen LogP contribution in [0.3, 0.4) is 0 Å². The summed E-state index contributed by atoms with van der Waals surface area (Å²) >= 11 is 0. The van der Waals surface area contributed by atoms with E-state index >= 15 is 0 Å². The Hall–Kier alpha value is -6.78. The van der Waals surface area contributed by atoms with Crippen LogP contribution in [0.2, 0.25) is 0 Å². The summed E-state index contributed by atoms with van der Waals surface area (Å²) in [4.78, 5) is 11.1. The topological polar surface area (TPSA) is 43.9 Å². The van der Waals surface area contributed by atoms with Crippen LogP contribution in [0.1, 0.15) is 43.2 Å². The average molecular weight is 718 g/mol. The van der Waals surface area contributed by atoms with Crippen molar-refractivity contribution in [3.63, 3.8) is 0 Å². The number of hydrogen-bond acceptors (Lipinski definition) is 3. The van der Waals surface area contributed by atoms with Crippen LogP contribution < -0.4 is 0 Å². The summed E-state index contributed by atoms with van der Waals surface area (Å²) < 4.78 is 9.06. The van der Waals surface area contributed by atoms with Gasteiger partial charge in [0.2, 0.25) is 5.95 Å². The molecule has 8 aromatic carbocycles. The molecule has 3 aromatic heterocycles. The minimum atomic E-state index is -0.0651. The predicted octanol–water partition coefficient (Wildman–Crippen LogP) is 13.8. The second-order valence-electron chi connectivity index (χ2n) is 15.9. The molecule has 0 N–H and O–H groups in total. The van der Waals surface area contributed by atoms with Gasteiger partial charge in [-0.2, -0.15) is 0 Å². The van der Waals surface area contributed by atoms with Gasteiger partial charge in [0, 0.05) is 32.5 Å². The highest BCUT2D eigenvalue weighted by atomic mass is 16.3. The maximum Gasteiger partial charge on any atom is 0.236 e. The van der Waals surface area contributed by atoms with Crippen LogP contribution in [0.15, 0.2) is 156 Å². The van der Waals surface area contributed by atoms with Gasteiger partial charge in [0.1, 0.15) is 16.8 Å². The highest BCUT2D eigenvalue weighted by Crippen LogP contribution is 2.61. The first-order valence-corrected chi connectivity index (χ1v) is 20.0. The molecule has 2 aliphatic rings. The Kier molecular flexibility index (Phi) is 6.08. The number of furan rings is 1. The van der Waals surface area contributed by atoms with Crippen LogP contribution in [0.4, 0.5) is 0 Å². The molecule has 0 unspecified atom stereocenters. The Balaban J connectivity index is 1.25. The highest BCUT2D eigenvalue weighted by molar-refractivity contribution is 6.30. The van der Waals surface area contributed by atoms with Crippen LogP contribution in [-0.2, 0) is 5.41 Å². The van der Waals surface area contributed by atoms with E-state index in [4.69, 9.17) is 14.4 Å². The highest BCUT2D eigenvalue weighted by Gasteiger charge is 2.46. The normalized spacial score (nSPS) is 14.9. The van der Waals surface area contributed by atoms with Gasteiger partial charge in [-0.25, -0.2) is 9.97 Å². The van der Waals surface area contributed by atoms with Crippen molar-refractivity contribution in [2.24, 2.45) is 0 Å². The lowest BCUT2D eigenvalue weighted by atomic mass is 9.66. The minimum absolute atomic E-state index is 0.0651. The van der Waals surface area contributed by atoms with E-state index in [1.807, 2.05) is 12.1 Å². The van der Waals surface area contributed by atoms with Crippen LogP contribution in [0.25, 0.3) is 105 Å². The molecular formula is C52H35N3O. The Morgan fingerprint density at radius 1 is 0.554 bits per heavy atom. The standard InChI is InChI=1S/C52H35N3O/c1-12-28-52(29-13-1)40-22-10-8-20-38(40)43-36-18-6-7-19-37(36)49-45(46(43)52)44-35-17-5-4-15-32(35)26-27-41(44)55(49)51-53-47(34-25-24-31-14-2-3-16-33(31)30-34)50-48(54-51)39-21-9-11-23-42(39)56-50/h2-11,14-27,30H,1,12-13,28-29H2. The third-order valence-electron chi connectivity index (χ3n) is 13.1. The van der Waals surface area contributed by atoms with Gasteiger partial charge in [-0.3, -0.25) is 4.57 Å². The van der Waals surface area contributed by atoms with Gasteiger partial charge in [0.25, 0.3) is 0 Å². The van der Waals surface area contributed by atoms with E-state index in [1.54, 1.807) is 0 Å². The van der Waals surface area contributed by atoms with Gasteiger partial charge >= 0.3 is 0 Å². The third-order valence-corrected chi connectivity index (χ3v) is 13.1. The molecule has 1 spiro atoms. The summed E-state index contributed by atoms with van der Waals surface area (Å²) in [5.41, 5.74) is 12.2. The first-order valence-electron chi connectivity index (χ1n) is 20.0. The molecule has 13 rings (SSSR count). The number of rotatable bonds is 2. The maximum absolute atomic E-state index is 6.66. The second kappa shape index (κ2) is 11.1. The molecule has 0 aliphatic heterocycles. The molecule has 0 atom stereocenters.